The van der Waals surface area contributed by atoms with Crippen LogP contribution in [0.25, 0.3) is 10.9 Å². The van der Waals surface area contributed by atoms with E-state index in [9.17, 15) is 4.79 Å². The minimum Gasteiger partial charge on any atom is -0.361 e. The summed E-state index contributed by atoms with van der Waals surface area (Å²) in [5, 5.41) is 4.25. The molecule has 120 valence electrons. The van der Waals surface area contributed by atoms with Crippen LogP contribution in [0.3, 0.4) is 0 Å². The van der Waals surface area contributed by atoms with Crippen LogP contribution in [0.15, 0.2) is 30.5 Å². The van der Waals surface area contributed by atoms with Gasteiger partial charge in [-0.15, -0.1) is 0 Å². The summed E-state index contributed by atoms with van der Waals surface area (Å²) >= 11 is 0. The summed E-state index contributed by atoms with van der Waals surface area (Å²) in [4.78, 5) is 15.3. The van der Waals surface area contributed by atoms with Crippen LogP contribution in [-0.2, 0) is 11.2 Å². The summed E-state index contributed by atoms with van der Waals surface area (Å²) < 4.78 is 0. The zero-order valence-electron chi connectivity index (χ0n) is 13.6. The lowest BCUT2D eigenvalue weighted by Crippen LogP contribution is -2.30. The first-order valence-electron chi connectivity index (χ1n) is 8.12. The Morgan fingerprint density at radius 1 is 1.32 bits per heavy atom. The molecule has 4 nitrogen and oxygen atoms in total. The Morgan fingerprint density at radius 3 is 2.82 bits per heavy atom. The molecule has 1 amide bonds. The van der Waals surface area contributed by atoms with Gasteiger partial charge in [0.2, 0.25) is 5.91 Å². The average molecular weight is 301 g/mol. The van der Waals surface area contributed by atoms with Crippen LogP contribution in [-0.4, -0.2) is 24.0 Å². The number of hydrogen-bond donors (Lipinski definition) is 3. The van der Waals surface area contributed by atoms with E-state index in [1.54, 1.807) is 0 Å². The van der Waals surface area contributed by atoms with E-state index >= 15 is 0 Å². The lowest BCUT2D eigenvalue weighted by atomic mass is 9.94. The third-order valence-electron chi connectivity index (χ3n) is 4.00. The van der Waals surface area contributed by atoms with Crippen LogP contribution in [0.2, 0.25) is 0 Å². The van der Waals surface area contributed by atoms with E-state index in [1.807, 2.05) is 18.3 Å². The van der Waals surface area contributed by atoms with Gasteiger partial charge in [0.25, 0.3) is 0 Å². The fourth-order valence-electron chi connectivity index (χ4n) is 2.94. The Balaban J connectivity index is 1.79. The van der Waals surface area contributed by atoms with Crippen molar-refractivity contribution >= 4 is 16.8 Å². The van der Waals surface area contributed by atoms with Gasteiger partial charge < -0.3 is 16.0 Å². The van der Waals surface area contributed by atoms with E-state index in [-0.39, 0.29) is 11.8 Å². The highest BCUT2D eigenvalue weighted by Crippen LogP contribution is 2.18. The average Bonchev–Trinajstić information content (AvgIpc) is 2.89. The number of nitrogens with one attached hydrogen (secondary N) is 2. The first kappa shape index (κ1) is 16.6. The van der Waals surface area contributed by atoms with E-state index in [4.69, 9.17) is 5.73 Å². The second-order valence-electron chi connectivity index (χ2n) is 6.39. The Labute approximate surface area is 132 Å². The summed E-state index contributed by atoms with van der Waals surface area (Å²) in [6, 6.07) is 8.23. The third kappa shape index (κ3) is 4.60. The molecule has 0 aliphatic carbocycles. The fraction of sp³-hybridized carbons (Fsp3) is 0.500. The third-order valence-corrected chi connectivity index (χ3v) is 4.00. The molecule has 4 N–H and O–H groups in total. The highest BCUT2D eigenvalue weighted by atomic mass is 16.1. The number of para-hydroxylation sites is 1. The Bertz CT molecular complexity index is 603. The van der Waals surface area contributed by atoms with Gasteiger partial charge in [0.05, 0.1) is 0 Å². The quantitative estimate of drug-likeness (QED) is 0.701. The maximum atomic E-state index is 12.0. The van der Waals surface area contributed by atoms with Crippen molar-refractivity contribution in [3.8, 4) is 0 Å². The predicted octanol–water partition coefficient (Wildman–Crippen LogP) is 2.84. The van der Waals surface area contributed by atoms with Crippen LogP contribution < -0.4 is 11.1 Å². The number of fused-ring (bicyclic) bond motifs is 1. The lowest BCUT2D eigenvalue weighted by molar-refractivity contribution is -0.122. The number of aromatic amines is 1. The molecule has 1 atom stereocenters. The van der Waals surface area contributed by atoms with E-state index in [0.717, 1.165) is 18.4 Å². The lowest BCUT2D eigenvalue weighted by Gasteiger charge is -2.16. The minimum absolute atomic E-state index is 0.107. The predicted molar refractivity (Wildman–Crippen MR) is 91.6 cm³/mol. The monoisotopic (exact) mass is 301 g/mol. The summed E-state index contributed by atoms with van der Waals surface area (Å²) in [6.45, 7) is 5.57. The zero-order chi connectivity index (χ0) is 15.9. The molecule has 2 rings (SSSR count). The topological polar surface area (TPSA) is 70.9 Å². The highest BCUT2D eigenvalue weighted by Gasteiger charge is 2.13. The van der Waals surface area contributed by atoms with Gasteiger partial charge in [-0.1, -0.05) is 32.0 Å². The molecule has 1 aromatic heterocycles. The summed E-state index contributed by atoms with van der Waals surface area (Å²) in [5.41, 5.74) is 8.14. The Morgan fingerprint density at radius 2 is 2.09 bits per heavy atom. The van der Waals surface area contributed by atoms with Gasteiger partial charge in [0.15, 0.2) is 0 Å². The summed E-state index contributed by atoms with van der Waals surface area (Å²) in [6.07, 6.45) is 4.40. The molecule has 0 saturated carbocycles. The van der Waals surface area contributed by atoms with Crippen LogP contribution in [0.5, 0.6) is 0 Å². The normalized spacial score (nSPS) is 12.7. The van der Waals surface area contributed by atoms with E-state index in [0.29, 0.717) is 25.4 Å². The second kappa shape index (κ2) is 7.99. The number of rotatable bonds is 8. The number of carbonyl (C=O) groups is 1. The van der Waals surface area contributed by atoms with Gasteiger partial charge in [-0.25, -0.2) is 0 Å². The molecule has 4 heteroatoms. The molecule has 0 radical (unpaired) electrons. The highest BCUT2D eigenvalue weighted by molar-refractivity contribution is 5.83. The first-order valence-corrected chi connectivity index (χ1v) is 8.12. The smallest absolute Gasteiger partial charge is 0.220 e. The largest absolute Gasteiger partial charge is 0.361 e. The van der Waals surface area contributed by atoms with Crippen molar-refractivity contribution in [1.82, 2.24) is 10.3 Å². The van der Waals surface area contributed by atoms with Crippen molar-refractivity contribution in [2.75, 3.05) is 13.1 Å². The number of carbonyl (C=O) groups excluding carboxylic acids is 1. The number of amides is 1. The molecule has 2 aromatic rings. The molecule has 1 aromatic carbocycles. The molecule has 22 heavy (non-hydrogen) atoms. The van der Waals surface area contributed by atoms with Gasteiger partial charge in [0, 0.05) is 30.1 Å². The fourth-order valence-corrected chi connectivity index (χ4v) is 2.94. The molecule has 0 spiro atoms. The summed E-state index contributed by atoms with van der Waals surface area (Å²) in [7, 11) is 0. The second-order valence-corrected chi connectivity index (χ2v) is 6.39. The first-order chi connectivity index (χ1) is 10.6. The van der Waals surface area contributed by atoms with Gasteiger partial charge in [-0.05, 0) is 42.9 Å². The Hall–Kier alpha value is -1.81. The molecule has 1 heterocycles. The molecule has 0 fully saturated rings. The van der Waals surface area contributed by atoms with Gasteiger partial charge in [-0.3, -0.25) is 4.79 Å². The number of H-pyrrole nitrogens is 1. The van der Waals surface area contributed by atoms with E-state index < -0.39 is 0 Å². The maximum absolute atomic E-state index is 12.0. The standard InChI is InChI=1S/C18H27N3O/c1-13(2)9-14(11-19)10-18(22)20-8-7-15-12-21-17-6-4-3-5-16(15)17/h3-6,12-14,21H,7-11,19H2,1-2H3,(H,20,22)/t14-/m0/s1. The van der Waals surface area contributed by atoms with Crippen LogP contribution in [0.4, 0.5) is 0 Å². The molecule has 0 aliphatic rings. The summed E-state index contributed by atoms with van der Waals surface area (Å²) in [5.74, 6) is 0.969. The molecular formula is C18H27N3O. The van der Waals surface area contributed by atoms with Crippen LogP contribution >= 0.6 is 0 Å². The molecule has 0 bridgehead atoms. The van der Waals surface area contributed by atoms with Crippen molar-refractivity contribution in [3.63, 3.8) is 0 Å². The van der Waals surface area contributed by atoms with E-state index in [1.165, 1.54) is 10.9 Å². The number of aromatic nitrogens is 1. The van der Waals surface area contributed by atoms with E-state index in [2.05, 4.69) is 36.3 Å². The Kier molecular flexibility index (Phi) is 6.01. The van der Waals surface area contributed by atoms with Crippen molar-refractivity contribution in [2.45, 2.75) is 33.1 Å². The number of benzene rings is 1. The van der Waals surface area contributed by atoms with Gasteiger partial charge >= 0.3 is 0 Å². The SMILES string of the molecule is CC(C)C[C@H](CN)CC(=O)NCCc1c[nH]c2ccccc12. The van der Waals surface area contributed by atoms with Crippen molar-refractivity contribution < 1.29 is 4.79 Å². The molecular weight excluding hydrogens is 274 g/mol. The van der Waals surface area contributed by atoms with Gasteiger partial charge in [0.1, 0.15) is 0 Å². The van der Waals surface area contributed by atoms with Crippen molar-refractivity contribution in [3.05, 3.63) is 36.0 Å². The maximum Gasteiger partial charge on any atom is 0.220 e. The number of nitrogens with two attached hydrogens (primary N) is 1. The molecule has 0 aliphatic heterocycles. The zero-order valence-corrected chi connectivity index (χ0v) is 13.6. The van der Waals surface area contributed by atoms with Gasteiger partial charge in [-0.2, -0.15) is 0 Å². The van der Waals surface area contributed by atoms with Crippen LogP contribution in [0, 0.1) is 11.8 Å². The molecule has 0 unspecified atom stereocenters. The van der Waals surface area contributed by atoms with Crippen molar-refractivity contribution in [2.24, 2.45) is 17.6 Å². The number of hydrogen-bond acceptors (Lipinski definition) is 2. The van der Waals surface area contributed by atoms with Crippen molar-refractivity contribution in [1.29, 1.82) is 0 Å². The van der Waals surface area contributed by atoms with Crippen LogP contribution in [0.1, 0.15) is 32.3 Å². The minimum atomic E-state index is 0.107. The molecule has 0 saturated heterocycles.